The highest BCUT2D eigenvalue weighted by Crippen LogP contribution is 2.17. The molecule has 0 heterocycles. The number of ether oxygens (including phenoxy) is 3. The van der Waals surface area contributed by atoms with E-state index in [9.17, 15) is 19.5 Å². The average molecular weight is 916 g/mol. The Balaban J connectivity index is 4.15. The maximum absolute atomic E-state index is 12.8. The van der Waals surface area contributed by atoms with Gasteiger partial charge in [0.05, 0.1) is 40.3 Å². The number of likely N-dealkylation sites (N-methyl/N-ethyl adjacent to an activating group) is 1. The van der Waals surface area contributed by atoms with E-state index in [1.54, 1.807) is 0 Å². The molecular formula is C57H105NO7. The van der Waals surface area contributed by atoms with Crippen LogP contribution >= 0.6 is 0 Å². The number of carbonyl (C=O) groups excluding carboxylic acids is 3. The summed E-state index contributed by atoms with van der Waals surface area (Å²) in [6.07, 6.45) is 57.5. The predicted octanol–water partition coefficient (Wildman–Crippen LogP) is 14.8. The first-order chi connectivity index (χ1) is 31.6. The Morgan fingerprint density at radius 2 is 0.862 bits per heavy atom. The van der Waals surface area contributed by atoms with Crippen molar-refractivity contribution in [3.8, 4) is 0 Å². The zero-order valence-corrected chi connectivity index (χ0v) is 43.4. The molecule has 0 saturated heterocycles. The molecule has 2 atom stereocenters. The molecule has 8 nitrogen and oxygen atoms in total. The smallest absolute Gasteiger partial charge is 0.306 e. The van der Waals surface area contributed by atoms with Gasteiger partial charge in [0.1, 0.15) is 12.6 Å². The number of hydrogen-bond acceptors (Lipinski definition) is 7. The number of carboxylic acid groups (broad SMARTS) is 1. The minimum atomic E-state index is -1.12. The van der Waals surface area contributed by atoms with Gasteiger partial charge in [-0.1, -0.05) is 230 Å². The van der Waals surface area contributed by atoms with Crippen LogP contribution in [0, 0.1) is 0 Å². The van der Waals surface area contributed by atoms with E-state index in [1.165, 1.54) is 167 Å². The number of carbonyl (C=O) groups is 3. The second-order valence-electron chi connectivity index (χ2n) is 19.8. The van der Waals surface area contributed by atoms with Crippen molar-refractivity contribution in [2.45, 2.75) is 270 Å². The van der Waals surface area contributed by atoms with Crippen molar-refractivity contribution in [2.24, 2.45) is 0 Å². The molecule has 380 valence electrons. The van der Waals surface area contributed by atoms with E-state index in [0.717, 1.165) is 57.8 Å². The number of carboxylic acids is 1. The maximum atomic E-state index is 12.8. The molecule has 0 aromatic heterocycles. The number of aliphatic carboxylic acids is 1. The monoisotopic (exact) mass is 916 g/mol. The van der Waals surface area contributed by atoms with Gasteiger partial charge in [-0.3, -0.25) is 9.59 Å². The molecule has 2 unspecified atom stereocenters. The van der Waals surface area contributed by atoms with Crippen LogP contribution in [0.15, 0.2) is 36.5 Å². The van der Waals surface area contributed by atoms with Gasteiger partial charge in [-0.15, -0.1) is 0 Å². The lowest BCUT2D eigenvalue weighted by Crippen LogP contribution is -2.55. The Bertz CT molecular complexity index is 1160. The number of hydrogen-bond donors (Lipinski definition) is 0. The van der Waals surface area contributed by atoms with Gasteiger partial charge in [-0.25, -0.2) is 0 Å². The quantitative estimate of drug-likeness (QED) is 0.0259. The lowest BCUT2D eigenvalue weighted by Gasteiger charge is -2.34. The first-order valence-corrected chi connectivity index (χ1v) is 27.5. The van der Waals surface area contributed by atoms with E-state index in [0.29, 0.717) is 12.8 Å². The lowest BCUT2D eigenvalue weighted by molar-refractivity contribution is -0.889. The van der Waals surface area contributed by atoms with Crippen LogP contribution in [0.2, 0.25) is 0 Å². The van der Waals surface area contributed by atoms with Gasteiger partial charge < -0.3 is 28.6 Å². The number of quaternary nitrogens is 1. The summed E-state index contributed by atoms with van der Waals surface area (Å²) < 4.78 is 17.3. The molecule has 0 fully saturated rings. The average Bonchev–Trinajstić information content (AvgIpc) is 3.27. The number of nitrogens with zero attached hydrogens (tertiary/aromatic N) is 1. The van der Waals surface area contributed by atoms with Gasteiger partial charge in [-0.2, -0.15) is 0 Å². The van der Waals surface area contributed by atoms with Crippen molar-refractivity contribution in [3.63, 3.8) is 0 Å². The third-order valence-corrected chi connectivity index (χ3v) is 12.5. The minimum absolute atomic E-state index is 0.0449. The molecule has 0 radical (unpaired) electrons. The molecule has 0 aliphatic carbocycles. The van der Waals surface area contributed by atoms with Gasteiger partial charge >= 0.3 is 11.9 Å². The third kappa shape index (κ3) is 46.4. The van der Waals surface area contributed by atoms with E-state index in [4.69, 9.17) is 14.2 Å². The van der Waals surface area contributed by atoms with Crippen molar-refractivity contribution in [3.05, 3.63) is 36.5 Å². The first kappa shape index (κ1) is 62.5. The van der Waals surface area contributed by atoms with Crippen LogP contribution < -0.4 is 5.11 Å². The standard InChI is InChI=1S/C57H105NO7/c1-6-8-10-12-14-16-18-20-22-24-26-27-28-29-30-32-33-35-37-39-41-43-45-47-55(59)64-52-53(51-63-50-49-54(57(61)62)58(3,4)5)65-56(60)48-46-44-42-40-38-36-34-31-25-23-21-19-17-15-13-11-9-7-2/h8,10,14,16,20,22,53-54H,6-7,9,11-13,15,17-19,21,23-52H2,1-5H3/b10-8+,16-14+,22-20+. The fourth-order valence-electron chi connectivity index (χ4n) is 8.32. The number of esters is 2. The largest absolute Gasteiger partial charge is 0.544 e. The first-order valence-electron chi connectivity index (χ1n) is 27.5. The number of rotatable bonds is 50. The Morgan fingerprint density at radius 1 is 0.477 bits per heavy atom. The highest BCUT2D eigenvalue weighted by Gasteiger charge is 2.25. The van der Waals surface area contributed by atoms with Crippen LogP contribution in [0.1, 0.15) is 258 Å². The molecule has 0 aromatic carbocycles. The van der Waals surface area contributed by atoms with Crippen molar-refractivity contribution in [1.29, 1.82) is 0 Å². The van der Waals surface area contributed by atoms with Crippen LogP contribution in [0.3, 0.4) is 0 Å². The Kier molecular flexibility index (Phi) is 46.2. The van der Waals surface area contributed by atoms with Crippen molar-refractivity contribution in [2.75, 3.05) is 41.0 Å². The van der Waals surface area contributed by atoms with Gasteiger partial charge in [-0.05, 0) is 44.9 Å². The molecule has 0 rings (SSSR count). The molecule has 0 N–H and O–H groups in total. The van der Waals surface area contributed by atoms with Gasteiger partial charge in [0, 0.05) is 19.3 Å². The highest BCUT2D eigenvalue weighted by molar-refractivity contribution is 5.70. The van der Waals surface area contributed by atoms with Gasteiger partial charge in [0.2, 0.25) is 0 Å². The minimum Gasteiger partial charge on any atom is -0.544 e. The van der Waals surface area contributed by atoms with E-state index >= 15 is 0 Å². The lowest BCUT2D eigenvalue weighted by atomic mass is 10.0. The highest BCUT2D eigenvalue weighted by atomic mass is 16.6. The van der Waals surface area contributed by atoms with Crippen LogP contribution in [0.4, 0.5) is 0 Å². The van der Waals surface area contributed by atoms with Crippen molar-refractivity contribution in [1.82, 2.24) is 0 Å². The number of allylic oxidation sites excluding steroid dienone is 6. The fraction of sp³-hybridized carbons (Fsp3) is 0.842. The fourth-order valence-corrected chi connectivity index (χ4v) is 8.32. The van der Waals surface area contributed by atoms with Gasteiger partial charge in [0.25, 0.3) is 0 Å². The van der Waals surface area contributed by atoms with Crippen LogP contribution in [-0.4, -0.2) is 75.5 Å². The third-order valence-electron chi connectivity index (χ3n) is 12.5. The van der Waals surface area contributed by atoms with E-state index < -0.39 is 18.1 Å². The normalized spacial score (nSPS) is 13.1. The molecule has 0 spiro atoms. The summed E-state index contributed by atoms with van der Waals surface area (Å²) in [5.74, 6) is -1.72. The van der Waals surface area contributed by atoms with Crippen LogP contribution in [0.25, 0.3) is 0 Å². The Hall–Kier alpha value is -2.45. The SMILES string of the molecule is CC/C=C/C/C=C/C/C=C/CCCCCCCCCCCCCCCC(=O)OCC(COCCC(C(=O)[O-])[N+](C)(C)C)OC(=O)CCCCCCCCCCCCCCCCCCCC. The van der Waals surface area contributed by atoms with E-state index in [-0.39, 0.29) is 42.7 Å². The van der Waals surface area contributed by atoms with E-state index in [1.807, 2.05) is 21.1 Å². The molecule has 65 heavy (non-hydrogen) atoms. The topological polar surface area (TPSA) is 102 Å². The summed E-state index contributed by atoms with van der Waals surface area (Å²) in [4.78, 5) is 37.1. The molecule has 0 aliphatic rings. The van der Waals surface area contributed by atoms with Crippen molar-refractivity contribution < 1.29 is 38.2 Å². The van der Waals surface area contributed by atoms with Crippen LogP contribution in [0.5, 0.6) is 0 Å². The summed E-state index contributed by atoms with van der Waals surface area (Å²) in [5.41, 5.74) is 0. The molecule has 0 amide bonds. The zero-order chi connectivity index (χ0) is 47.7. The second-order valence-corrected chi connectivity index (χ2v) is 19.8. The molecular weight excluding hydrogens is 811 g/mol. The summed E-state index contributed by atoms with van der Waals surface area (Å²) >= 11 is 0. The Morgan fingerprint density at radius 3 is 1.28 bits per heavy atom. The summed E-state index contributed by atoms with van der Waals surface area (Å²) in [6.45, 7) is 4.60. The predicted molar refractivity (Wildman–Crippen MR) is 273 cm³/mol. The number of unbranched alkanes of at least 4 members (excludes halogenated alkanes) is 30. The molecule has 0 aliphatic heterocycles. The molecule has 0 saturated carbocycles. The Labute approximate surface area is 402 Å². The van der Waals surface area contributed by atoms with Crippen LogP contribution in [-0.2, 0) is 28.6 Å². The van der Waals surface area contributed by atoms with Gasteiger partial charge in [0.15, 0.2) is 6.10 Å². The summed E-state index contributed by atoms with van der Waals surface area (Å²) in [7, 11) is 5.43. The summed E-state index contributed by atoms with van der Waals surface area (Å²) in [5, 5.41) is 11.7. The molecule has 8 heteroatoms. The zero-order valence-electron chi connectivity index (χ0n) is 43.4. The van der Waals surface area contributed by atoms with E-state index in [2.05, 4.69) is 50.3 Å². The van der Waals surface area contributed by atoms with Crippen molar-refractivity contribution >= 4 is 17.9 Å². The summed E-state index contributed by atoms with van der Waals surface area (Å²) in [6, 6.07) is -0.724. The second kappa shape index (κ2) is 48.0. The molecule has 0 bridgehead atoms. The maximum Gasteiger partial charge on any atom is 0.306 e. The molecule has 0 aromatic rings.